The monoisotopic (exact) mass is 297 g/mol. The Labute approximate surface area is 125 Å². The van der Waals surface area contributed by atoms with Gasteiger partial charge < -0.3 is 4.42 Å². The van der Waals surface area contributed by atoms with Gasteiger partial charge >= 0.3 is 6.01 Å². The lowest BCUT2D eigenvalue weighted by atomic mass is 10.1. The van der Waals surface area contributed by atoms with Gasteiger partial charge in [0, 0.05) is 11.1 Å². The molecule has 0 aliphatic carbocycles. The second-order valence-electron chi connectivity index (χ2n) is 4.75. The van der Waals surface area contributed by atoms with Crippen molar-refractivity contribution in [3.8, 4) is 11.5 Å². The van der Waals surface area contributed by atoms with Crippen molar-refractivity contribution < 1.29 is 13.6 Å². The Morgan fingerprint density at radius 1 is 1.14 bits per heavy atom. The van der Waals surface area contributed by atoms with E-state index in [0.29, 0.717) is 5.89 Å². The number of nitrogens with one attached hydrogen (secondary N) is 1. The molecule has 0 aliphatic rings. The summed E-state index contributed by atoms with van der Waals surface area (Å²) in [5.74, 6) is -0.698. The Hall–Kier alpha value is -3.02. The molecule has 2 aromatic carbocycles. The molecule has 3 rings (SSSR count). The van der Waals surface area contributed by atoms with E-state index in [0.717, 1.165) is 17.2 Å². The number of hydrogen-bond acceptors (Lipinski definition) is 4. The van der Waals surface area contributed by atoms with Gasteiger partial charge in [0.25, 0.3) is 5.91 Å². The van der Waals surface area contributed by atoms with E-state index in [1.54, 1.807) is 0 Å². The van der Waals surface area contributed by atoms with Crippen molar-refractivity contribution in [1.29, 1.82) is 0 Å². The van der Waals surface area contributed by atoms with Crippen LogP contribution in [0.3, 0.4) is 0 Å². The third-order valence-corrected chi connectivity index (χ3v) is 3.00. The molecule has 0 radical (unpaired) electrons. The number of carbonyl (C=O) groups is 1. The lowest BCUT2D eigenvalue weighted by Gasteiger charge is -2.00. The number of carbonyl (C=O) groups excluding carboxylic acids is 1. The first-order valence-electron chi connectivity index (χ1n) is 6.59. The Morgan fingerprint density at radius 2 is 1.95 bits per heavy atom. The van der Waals surface area contributed by atoms with Crippen molar-refractivity contribution in [2.45, 2.75) is 6.92 Å². The number of nitrogens with zero attached hydrogens (tertiary/aromatic N) is 2. The molecule has 5 nitrogen and oxygen atoms in total. The predicted octanol–water partition coefficient (Wildman–Crippen LogP) is 3.44. The molecule has 3 aromatic rings. The number of halogens is 1. The number of aromatic nitrogens is 2. The van der Waals surface area contributed by atoms with Gasteiger partial charge in [-0.1, -0.05) is 28.9 Å². The first kappa shape index (κ1) is 13.9. The average molecular weight is 297 g/mol. The molecule has 0 aliphatic heterocycles. The zero-order valence-corrected chi connectivity index (χ0v) is 11.7. The summed E-state index contributed by atoms with van der Waals surface area (Å²) >= 11 is 0. The molecule has 0 atom stereocenters. The number of amides is 1. The van der Waals surface area contributed by atoms with Crippen LogP contribution in [-0.4, -0.2) is 16.1 Å². The minimum atomic E-state index is -0.515. The molecule has 6 heteroatoms. The smallest absolute Gasteiger partial charge is 0.322 e. The van der Waals surface area contributed by atoms with Crippen LogP contribution in [0.4, 0.5) is 10.4 Å². The maximum atomic E-state index is 13.1. The molecular formula is C16H12FN3O2. The second-order valence-corrected chi connectivity index (χ2v) is 4.75. The molecule has 22 heavy (non-hydrogen) atoms. The molecule has 0 spiro atoms. The van der Waals surface area contributed by atoms with Crippen molar-refractivity contribution >= 4 is 11.9 Å². The van der Waals surface area contributed by atoms with E-state index in [4.69, 9.17) is 4.42 Å². The van der Waals surface area contributed by atoms with Gasteiger partial charge in [0.15, 0.2) is 0 Å². The first-order valence-corrected chi connectivity index (χ1v) is 6.59. The van der Waals surface area contributed by atoms with Crippen LogP contribution < -0.4 is 5.32 Å². The number of aryl methyl sites for hydroxylation is 1. The van der Waals surface area contributed by atoms with Gasteiger partial charge in [0.05, 0.1) is 0 Å². The fourth-order valence-corrected chi connectivity index (χ4v) is 1.97. The van der Waals surface area contributed by atoms with Gasteiger partial charge in [-0.3, -0.25) is 10.1 Å². The molecule has 1 heterocycles. The maximum Gasteiger partial charge on any atom is 0.322 e. The van der Waals surface area contributed by atoms with Crippen molar-refractivity contribution in [3.63, 3.8) is 0 Å². The Balaban J connectivity index is 1.78. The van der Waals surface area contributed by atoms with Gasteiger partial charge in [-0.15, -0.1) is 5.10 Å². The van der Waals surface area contributed by atoms with Gasteiger partial charge in [-0.2, -0.15) is 0 Å². The molecule has 0 saturated carbocycles. The van der Waals surface area contributed by atoms with Gasteiger partial charge in [-0.05, 0) is 37.3 Å². The molecule has 0 bridgehead atoms. The van der Waals surface area contributed by atoms with Crippen LogP contribution in [0.25, 0.3) is 11.5 Å². The summed E-state index contributed by atoms with van der Waals surface area (Å²) in [7, 11) is 0. The zero-order valence-electron chi connectivity index (χ0n) is 11.7. The maximum absolute atomic E-state index is 13.1. The highest BCUT2D eigenvalue weighted by atomic mass is 19.1. The summed E-state index contributed by atoms with van der Waals surface area (Å²) in [4.78, 5) is 12.0. The highest BCUT2D eigenvalue weighted by molar-refractivity contribution is 6.03. The van der Waals surface area contributed by atoms with Crippen molar-refractivity contribution in [2.24, 2.45) is 0 Å². The lowest BCUT2D eigenvalue weighted by Crippen LogP contribution is -2.12. The van der Waals surface area contributed by atoms with Crippen LogP contribution >= 0.6 is 0 Å². The van der Waals surface area contributed by atoms with Crippen molar-refractivity contribution in [3.05, 3.63) is 65.5 Å². The molecule has 1 aromatic heterocycles. The fourth-order valence-electron chi connectivity index (χ4n) is 1.97. The first-order chi connectivity index (χ1) is 10.6. The number of hydrogen-bond donors (Lipinski definition) is 1. The summed E-state index contributed by atoms with van der Waals surface area (Å²) in [6, 6.07) is 12.9. The van der Waals surface area contributed by atoms with E-state index < -0.39 is 11.7 Å². The largest absolute Gasteiger partial charge is 0.403 e. The van der Waals surface area contributed by atoms with Crippen LogP contribution in [-0.2, 0) is 0 Å². The molecule has 0 saturated heterocycles. The summed E-state index contributed by atoms with van der Waals surface area (Å²) < 4.78 is 18.5. The zero-order chi connectivity index (χ0) is 15.5. The fraction of sp³-hybridized carbons (Fsp3) is 0.0625. The minimum Gasteiger partial charge on any atom is -0.403 e. The minimum absolute atomic E-state index is 0.0363. The highest BCUT2D eigenvalue weighted by Gasteiger charge is 2.13. The standard InChI is InChI=1S/C16H12FN3O2/c1-10-4-2-6-12(8-10)15-19-20-16(22-15)18-14(21)11-5-3-7-13(17)9-11/h2-9H,1H3,(H,18,20,21). The van der Waals surface area contributed by atoms with Gasteiger partial charge in [0.2, 0.25) is 5.89 Å². The highest BCUT2D eigenvalue weighted by Crippen LogP contribution is 2.21. The number of benzene rings is 2. The quantitative estimate of drug-likeness (QED) is 0.804. The predicted molar refractivity (Wildman–Crippen MR) is 78.8 cm³/mol. The molecule has 0 unspecified atom stereocenters. The summed E-state index contributed by atoms with van der Waals surface area (Å²) in [6.07, 6.45) is 0. The molecule has 1 amide bonds. The molecule has 110 valence electrons. The van der Waals surface area contributed by atoms with Crippen LogP contribution in [0.15, 0.2) is 52.9 Å². The third-order valence-electron chi connectivity index (χ3n) is 3.00. The van der Waals surface area contributed by atoms with Crippen LogP contribution in [0.5, 0.6) is 0 Å². The summed E-state index contributed by atoms with van der Waals surface area (Å²) in [6.45, 7) is 1.95. The van der Waals surface area contributed by atoms with Crippen molar-refractivity contribution in [2.75, 3.05) is 5.32 Å². The van der Waals surface area contributed by atoms with Crippen LogP contribution in [0.1, 0.15) is 15.9 Å². The van der Waals surface area contributed by atoms with Crippen LogP contribution in [0.2, 0.25) is 0 Å². The Kier molecular flexibility index (Phi) is 3.65. The lowest BCUT2D eigenvalue weighted by molar-refractivity contribution is 0.102. The topological polar surface area (TPSA) is 68.0 Å². The third kappa shape index (κ3) is 3.01. The van der Waals surface area contributed by atoms with Crippen LogP contribution in [0, 0.1) is 12.7 Å². The van der Waals surface area contributed by atoms with Gasteiger partial charge in [0.1, 0.15) is 5.82 Å². The second kappa shape index (κ2) is 5.77. The van der Waals surface area contributed by atoms with E-state index in [1.165, 1.54) is 18.2 Å². The Morgan fingerprint density at radius 3 is 2.73 bits per heavy atom. The summed E-state index contributed by atoms with van der Waals surface area (Å²) in [5, 5.41) is 10.1. The van der Waals surface area contributed by atoms with E-state index in [9.17, 15) is 9.18 Å². The average Bonchev–Trinajstić information content (AvgIpc) is 2.96. The summed E-state index contributed by atoms with van der Waals surface area (Å²) in [5.41, 5.74) is 2.00. The van der Waals surface area contributed by atoms with E-state index >= 15 is 0 Å². The van der Waals surface area contributed by atoms with E-state index in [1.807, 2.05) is 31.2 Å². The SMILES string of the molecule is Cc1cccc(-c2nnc(NC(=O)c3cccc(F)c3)o2)c1. The van der Waals surface area contributed by atoms with Crippen molar-refractivity contribution in [1.82, 2.24) is 10.2 Å². The molecule has 0 fully saturated rings. The van der Waals surface area contributed by atoms with Gasteiger partial charge in [-0.25, -0.2) is 4.39 Å². The number of anilines is 1. The normalized spacial score (nSPS) is 10.5. The molecular weight excluding hydrogens is 285 g/mol. The number of rotatable bonds is 3. The molecule has 1 N–H and O–H groups in total. The van der Waals surface area contributed by atoms with E-state index in [-0.39, 0.29) is 11.6 Å². The van der Waals surface area contributed by atoms with E-state index in [2.05, 4.69) is 15.5 Å². The Bertz CT molecular complexity index is 830.